The molecule has 1 atom stereocenters. The summed E-state index contributed by atoms with van der Waals surface area (Å²) in [6.07, 6.45) is 3.06. The van der Waals surface area contributed by atoms with Crippen LogP contribution in [0.5, 0.6) is 0 Å². The number of benzene rings is 1. The van der Waals surface area contributed by atoms with Crippen molar-refractivity contribution in [3.05, 3.63) is 33.8 Å². The first-order valence-electron chi connectivity index (χ1n) is 5.57. The average molecular weight is 258 g/mol. The van der Waals surface area contributed by atoms with Gasteiger partial charge in [-0.2, -0.15) is 0 Å². The van der Waals surface area contributed by atoms with Crippen LogP contribution in [0.15, 0.2) is 18.2 Å². The molecule has 0 amide bonds. The molecular formula is C13H17Cl2N. The maximum Gasteiger partial charge on any atom is 0.0457 e. The number of hydrogen-bond acceptors (Lipinski definition) is 1. The zero-order valence-electron chi connectivity index (χ0n) is 9.69. The van der Waals surface area contributed by atoms with E-state index in [1.165, 1.54) is 0 Å². The molecule has 1 aliphatic rings. The minimum atomic E-state index is -0.314. The Morgan fingerprint density at radius 2 is 1.88 bits per heavy atom. The van der Waals surface area contributed by atoms with Gasteiger partial charge in [0.15, 0.2) is 0 Å². The highest BCUT2D eigenvalue weighted by atomic mass is 35.5. The van der Waals surface area contributed by atoms with Crippen molar-refractivity contribution in [2.24, 2.45) is 11.1 Å². The van der Waals surface area contributed by atoms with Crippen molar-refractivity contribution in [2.75, 3.05) is 0 Å². The molecule has 88 valence electrons. The Bertz CT molecular complexity index is 414. The third-order valence-electron chi connectivity index (χ3n) is 3.51. The minimum Gasteiger partial charge on any atom is -0.321 e. The molecule has 0 heterocycles. The molecule has 1 nitrogen and oxygen atoms in total. The van der Waals surface area contributed by atoms with E-state index in [4.69, 9.17) is 28.9 Å². The van der Waals surface area contributed by atoms with Crippen LogP contribution in [0, 0.1) is 5.41 Å². The third kappa shape index (κ3) is 2.22. The second-order valence-electron chi connectivity index (χ2n) is 5.62. The van der Waals surface area contributed by atoms with E-state index >= 15 is 0 Å². The molecule has 16 heavy (non-hydrogen) atoms. The fourth-order valence-electron chi connectivity index (χ4n) is 2.70. The number of rotatable bonds is 1. The fraction of sp³-hybridized carbons (Fsp3) is 0.538. The first-order chi connectivity index (χ1) is 7.32. The SMILES string of the molecule is CC1(C)CCC(N)(c2cc(Cl)ccc2Cl)C1. The van der Waals surface area contributed by atoms with Crippen LogP contribution in [0.3, 0.4) is 0 Å². The lowest BCUT2D eigenvalue weighted by Gasteiger charge is -2.28. The number of halogens is 2. The van der Waals surface area contributed by atoms with Gasteiger partial charge >= 0.3 is 0 Å². The second kappa shape index (κ2) is 3.90. The standard InChI is InChI=1S/C13H17Cl2N/c1-12(2)5-6-13(16,8-12)10-7-9(14)3-4-11(10)15/h3-4,7H,5-6,8,16H2,1-2H3. The molecule has 0 bridgehead atoms. The number of hydrogen-bond donors (Lipinski definition) is 1. The molecule has 3 heteroatoms. The Labute approximate surface area is 107 Å². The maximum absolute atomic E-state index is 6.48. The Morgan fingerprint density at radius 3 is 2.44 bits per heavy atom. The molecule has 1 aliphatic carbocycles. The fourth-order valence-corrected chi connectivity index (χ4v) is 3.18. The monoisotopic (exact) mass is 257 g/mol. The van der Waals surface area contributed by atoms with E-state index in [0.717, 1.165) is 29.8 Å². The van der Waals surface area contributed by atoms with Gasteiger partial charge in [0.2, 0.25) is 0 Å². The largest absolute Gasteiger partial charge is 0.321 e. The highest BCUT2D eigenvalue weighted by molar-refractivity contribution is 6.33. The topological polar surface area (TPSA) is 26.0 Å². The quantitative estimate of drug-likeness (QED) is 0.795. The highest BCUT2D eigenvalue weighted by Gasteiger charge is 2.42. The Morgan fingerprint density at radius 1 is 1.19 bits per heavy atom. The van der Waals surface area contributed by atoms with Crippen molar-refractivity contribution in [1.82, 2.24) is 0 Å². The summed E-state index contributed by atoms with van der Waals surface area (Å²) in [6, 6.07) is 5.54. The van der Waals surface area contributed by atoms with E-state index in [9.17, 15) is 0 Å². The van der Waals surface area contributed by atoms with Crippen molar-refractivity contribution < 1.29 is 0 Å². The van der Waals surface area contributed by atoms with Crippen LogP contribution in [0.4, 0.5) is 0 Å². The molecule has 0 spiro atoms. The smallest absolute Gasteiger partial charge is 0.0457 e. The Kier molecular flexibility index (Phi) is 2.98. The lowest BCUT2D eigenvalue weighted by molar-refractivity contribution is 0.340. The van der Waals surface area contributed by atoms with E-state index in [1.54, 1.807) is 6.07 Å². The van der Waals surface area contributed by atoms with Crippen LogP contribution in [0.25, 0.3) is 0 Å². The lowest BCUT2D eigenvalue weighted by Crippen LogP contribution is -2.34. The van der Waals surface area contributed by atoms with E-state index in [2.05, 4.69) is 13.8 Å². The van der Waals surface area contributed by atoms with Gasteiger partial charge in [-0.3, -0.25) is 0 Å². The van der Waals surface area contributed by atoms with Gasteiger partial charge in [-0.05, 0) is 48.4 Å². The van der Waals surface area contributed by atoms with Crippen LogP contribution >= 0.6 is 23.2 Å². The molecule has 2 N–H and O–H groups in total. The van der Waals surface area contributed by atoms with E-state index in [-0.39, 0.29) is 5.54 Å². The van der Waals surface area contributed by atoms with E-state index in [0.29, 0.717) is 10.4 Å². The van der Waals surface area contributed by atoms with Crippen LogP contribution in [-0.4, -0.2) is 0 Å². The number of nitrogens with two attached hydrogens (primary N) is 1. The summed E-state index contributed by atoms with van der Waals surface area (Å²) in [7, 11) is 0. The molecule has 0 radical (unpaired) electrons. The van der Waals surface area contributed by atoms with Crippen molar-refractivity contribution in [3.63, 3.8) is 0 Å². The Hall–Kier alpha value is -0.240. The van der Waals surface area contributed by atoms with Gasteiger partial charge in [-0.1, -0.05) is 37.0 Å². The molecule has 1 unspecified atom stereocenters. The zero-order valence-corrected chi connectivity index (χ0v) is 11.2. The summed E-state index contributed by atoms with van der Waals surface area (Å²) >= 11 is 12.2. The third-order valence-corrected chi connectivity index (χ3v) is 4.07. The molecule has 0 aromatic heterocycles. The molecule has 1 saturated carbocycles. The van der Waals surface area contributed by atoms with Gasteiger partial charge in [-0.15, -0.1) is 0 Å². The van der Waals surface area contributed by atoms with Crippen LogP contribution in [-0.2, 0) is 5.54 Å². The van der Waals surface area contributed by atoms with Gasteiger partial charge in [0.05, 0.1) is 0 Å². The maximum atomic E-state index is 6.48. The summed E-state index contributed by atoms with van der Waals surface area (Å²) in [4.78, 5) is 0. The van der Waals surface area contributed by atoms with Crippen molar-refractivity contribution >= 4 is 23.2 Å². The lowest BCUT2D eigenvalue weighted by atomic mass is 9.84. The molecule has 0 aliphatic heterocycles. The predicted molar refractivity (Wildman–Crippen MR) is 70.0 cm³/mol. The molecule has 1 aromatic rings. The van der Waals surface area contributed by atoms with Gasteiger partial charge in [-0.25, -0.2) is 0 Å². The van der Waals surface area contributed by atoms with Gasteiger partial charge in [0, 0.05) is 15.6 Å². The molecule has 0 saturated heterocycles. The summed E-state index contributed by atoms with van der Waals surface area (Å²) in [6.45, 7) is 4.50. The van der Waals surface area contributed by atoms with Gasteiger partial charge < -0.3 is 5.73 Å². The summed E-state index contributed by atoms with van der Waals surface area (Å²) in [5.74, 6) is 0. The second-order valence-corrected chi connectivity index (χ2v) is 6.46. The summed E-state index contributed by atoms with van der Waals surface area (Å²) in [5, 5.41) is 1.43. The van der Waals surface area contributed by atoms with Crippen molar-refractivity contribution in [2.45, 2.75) is 38.6 Å². The molecule has 1 aromatic carbocycles. The normalized spacial score (nSPS) is 28.3. The zero-order chi connectivity index (χ0) is 12.0. The van der Waals surface area contributed by atoms with Crippen molar-refractivity contribution in [1.29, 1.82) is 0 Å². The van der Waals surface area contributed by atoms with Crippen LogP contribution < -0.4 is 5.73 Å². The average Bonchev–Trinajstić information content (AvgIpc) is 2.46. The first kappa shape index (κ1) is 12.2. The van der Waals surface area contributed by atoms with E-state index < -0.39 is 0 Å². The Balaban J connectivity index is 2.41. The van der Waals surface area contributed by atoms with E-state index in [1.807, 2.05) is 12.1 Å². The molecular weight excluding hydrogens is 241 g/mol. The van der Waals surface area contributed by atoms with Gasteiger partial charge in [0.1, 0.15) is 0 Å². The summed E-state index contributed by atoms with van der Waals surface area (Å²) < 4.78 is 0. The summed E-state index contributed by atoms with van der Waals surface area (Å²) in [5.41, 5.74) is 7.45. The van der Waals surface area contributed by atoms with Crippen molar-refractivity contribution in [3.8, 4) is 0 Å². The molecule has 1 fully saturated rings. The molecule has 2 rings (SSSR count). The minimum absolute atomic E-state index is 0.292. The van der Waals surface area contributed by atoms with Gasteiger partial charge in [0.25, 0.3) is 0 Å². The predicted octanol–water partition coefficient (Wildman–Crippen LogP) is 4.36. The first-order valence-corrected chi connectivity index (χ1v) is 6.32. The van der Waals surface area contributed by atoms with Crippen LogP contribution in [0.2, 0.25) is 10.0 Å². The van der Waals surface area contributed by atoms with Crippen LogP contribution in [0.1, 0.15) is 38.7 Å². The highest BCUT2D eigenvalue weighted by Crippen LogP contribution is 2.49.